The minimum absolute atomic E-state index is 0.147. The van der Waals surface area contributed by atoms with Crippen LogP contribution in [0.15, 0.2) is 34.7 Å². The number of aryl methyl sites for hydroxylation is 1. The Bertz CT molecular complexity index is 602. The predicted octanol–water partition coefficient (Wildman–Crippen LogP) is 2.97. The number of furan rings is 1. The fourth-order valence-corrected chi connectivity index (χ4v) is 1.93. The lowest BCUT2D eigenvalue weighted by Gasteiger charge is -2.13. The van der Waals surface area contributed by atoms with Gasteiger partial charge in [0.15, 0.2) is 0 Å². The van der Waals surface area contributed by atoms with Crippen LogP contribution in [-0.2, 0) is 0 Å². The summed E-state index contributed by atoms with van der Waals surface area (Å²) in [6.45, 7) is 5.60. The fourth-order valence-electron chi connectivity index (χ4n) is 1.93. The zero-order valence-corrected chi connectivity index (χ0v) is 11.4. The van der Waals surface area contributed by atoms with Gasteiger partial charge in [0.25, 0.3) is 5.91 Å². The highest BCUT2D eigenvalue weighted by atomic mass is 16.3. The molecule has 19 heavy (non-hydrogen) atoms. The third-order valence-electron chi connectivity index (χ3n) is 3.16. The standard InChI is InChI=1S/C15H18N2O2/c1-9-7-8-14(19-9)11(3)17-15(18)12-5-4-6-13(16)10(12)2/h4-8,11H,16H2,1-3H3,(H,17,18). The van der Waals surface area contributed by atoms with Gasteiger partial charge in [-0.05, 0) is 50.6 Å². The molecule has 0 spiro atoms. The summed E-state index contributed by atoms with van der Waals surface area (Å²) in [5, 5.41) is 2.91. The van der Waals surface area contributed by atoms with Crippen LogP contribution in [0.1, 0.15) is 40.4 Å². The van der Waals surface area contributed by atoms with E-state index < -0.39 is 0 Å². The molecule has 1 atom stereocenters. The highest BCUT2D eigenvalue weighted by Crippen LogP contribution is 2.19. The quantitative estimate of drug-likeness (QED) is 0.832. The van der Waals surface area contributed by atoms with Crippen molar-refractivity contribution in [3.05, 3.63) is 53.0 Å². The second-order valence-electron chi connectivity index (χ2n) is 4.66. The summed E-state index contributed by atoms with van der Waals surface area (Å²) in [5.74, 6) is 1.43. The number of carbonyl (C=O) groups is 1. The summed E-state index contributed by atoms with van der Waals surface area (Å²) < 4.78 is 5.50. The molecule has 1 unspecified atom stereocenters. The second-order valence-corrected chi connectivity index (χ2v) is 4.66. The van der Waals surface area contributed by atoms with Crippen LogP contribution in [0.4, 0.5) is 5.69 Å². The zero-order chi connectivity index (χ0) is 14.0. The van der Waals surface area contributed by atoms with Crippen LogP contribution >= 0.6 is 0 Å². The SMILES string of the molecule is Cc1ccc(C(C)NC(=O)c2cccc(N)c2C)o1. The Morgan fingerprint density at radius 2 is 2.00 bits per heavy atom. The van der Waals surface area contributed by atoms with Crippen molar-refractivity contribution in [1.29, 1.82) is 0 Å². The lowest BCUT2D eigenvalue weighted by Crippen LogP contribution is -2.27. The normalized spacial score (nSPS) is 12.2. The van der Waals surface area contributed by atoms with Crippen LogP contribution in [0.25, 0.3) is 0 Å². The van der Waals surface area contributed by atoms with Crippen LogP contribution < -0.4 is 11.1 Å². The number of hydrogen-bond acceptors (Lipinski definition) is 3. The molecule has 0 saturated heterocycles. The Hall–Kier alpha value is -2.23. The maximum atomic E-state index is 12.2. The zero-order valence-electron chi connectivity index (χ0n) is 11.4. The van der Waals surface area contributed by atoms with Crippen molar-refractivity contribution >= 4 is 11.6 Å². The molecule has 3 N–H and O–H groups in total. The lowest BCUT2D eigenvalue weighted by molar-refractivity contribution is 0.0934. The average molecular weight is 258 g/mol. The summed E-state index contributed by atoms with van der Waals surface area (Å²) in [7, 11) is 0. The summed E-state index contributed by atoms with van der Waals surface area (Å²) in [6.07, 6.45) is 0. The molecule has 0 aliphatic heterocycles. The molecule has 2 rings (SSSR count). The number of nitrogens with one attached hydrogen (secondary N) is 1. The Morgan fingerprint density at radius 3 is 2.63 bits per heavy atom. The van der Waals surface area contributed by atoms with Gasteiger partial charge in [-0.15, -0.1) is 0 Å². The van der Waals surface area contributed by atoms with E-state index in [1.54, 1.807) is 18.2 Å². The van der Waals surface area contributed by atoms with Crippen molar-refractivity contribution in [2.45, 2.75) is 26.8 Å². The summed E-state index contributed by atoms with van der Waals surface area (Å²) >= 11 is 0. The van der Waals surface area contributed by atoms with Gasteiger partial charge in [0.1, 0.15) is 11.5 Å². The Balaban J connectivity index is 2.15. The maximum absolute atomic E-state index is 12.2. The maximum Gasteiger partial charge on any atom is 0.252 e. The molecular weight excluding hydrogens is 240 g/mol. The molecule has 1 amide bonds. The predicted molar refractivity (Wildman–Crippen MR) is 74.9 cm³/mol. The van der Waals surface area contributed by atoms with Gasteiger partial charge in [0.2, 0.25) is 0 Å². The van der Waals surface area contributed by atoms with Crippen LogP contribution in [-0.4, -0.2) is 5.91 Å². The van der Waals surface area contributed by atoms with E-state index in [2.05, 4.69) is 5.32 Å². The first-order valence-electron chi connectivity index (χ1n) is 6.21. The van der Waals surface area contributed by atoms with E-state index in [1.807, 2.05) is 32.9 Å². The molecule has 100 valence electrons. The van der Waals surface area contributed by atoms with Gasteiger partial charge in [0.05, 0.1) is 6.04 Å². The highest BCUT2D eigenvalue weighted by Gasteiger charge is 2.16. The molecule has 0 bridgehead atoms. The van der Waals surface area contributed by atoms with Gasteiger partial charge in [-0.3, -0.25) is 4.79 Å². The van der Waals surface area contributed by atoms with Crippen molar-refractivity contribution in [3.8, 4) is 0 Å². The topological polar surface area (TPSA) is 68.3 Å². The van der Waals surface area contributed by atoms with Gasteiger partial charge < -0.3 is 15.5 Å². The van der Waals surface area contributed by atoms with E-state index >= 15 is 0 Å². The number of amides is 1. The molecule has 1 aromatic heterocycles. The third kappa shape index (κ3) is 2.78. The van der Waals surface area contributed by atoms with E-state index in [1.165, 1.54) is 0 Å². The first-order valence-corrected chi connectivity index (χ1v) is 6.21. The van der Waals surface area contributed by atoms with Gasteiger partial charge in [0, 0.05) is 11.3 Å². The first-order chi connectivity index (χ1) is 8.99. The molecule has 0 aliphatic carbocycles. The van der Waals surface area contributed by atoms with Crippen LogP contribution in [0.5, 0.6) is 0 Å². The lowest BCUT2D eigenvalue weighted by atomic mass is 10.1. The number of anilines is 1. The smallest absolute Gasteiger partial charge is 0.252 e. The minimum atomic E-state index is -0.179. The molecule has 0 aliphatic rings. The second kappa shape index (κ2) is 5.18. The number of hydrogen-bond donors (Lipinski definition) is 2. The van der Waals surface area contributed by atoms with Gasteiger partial charge >= 0.3 is 0 Å². The van der Waals surface area contributed by atoms with E-state index in [4.69, 9.17) is 10.2 Å². The fraction of sp³-hybridized carbons (Fsp3) is 0.267. The van der Waals surface area contributed by atoms with Crippen molar-refractivity contribution in [2.75, 3.05) is 5.73 Å². The molecular formula is C15H18N2O2. The highest BCUT2D eigenvalue weighted by molar-refractivity contribution is 5.97. The molecule has 4 heteroatoms. The molecule has 1 aromatic carbocycles. The van der Waals surface area contributed by atoms with Crippen LogP contribution in [0.2, 0.25) is 0 Å². The van der Waals surface area contributed by atoms with Crippen LogP contribution in [0.3, 0.4) is 0 Å². The van der Waals surface area contributed by atoms with Gasteiger partial charge in [-0.2, -0.15) is 0 Å². The summed E-state index contributed by atoms with van der Waals surface area (Å²) in [5.41, 5.74) is 7.81. The van der Waals surface area contributed by atoms with E-state index in [0.29, 0.717) is 11.3 Å². The Labute approximate surface area is 112 Å². The monoisotopic (exact) mass is 258 g/mol. The van der Waals surface area contributed by atoms with Crippen molar-refractivity contribution in [2.24, 2.45) is 0 Å². The van der Waals surface area contributed by atoms with Crippen molar-refractivity contribution < 1.29 is 9.21 Å². The largest absolute Gasteiger partial charge is 0.464 e. The van der Waals surface area contributed by atoms with E-state index in [9.17, 15) is 4.79 Å². The van der Waals surface area contributed by atoms with E-state index in [-0.39, 0.29) is 11.9 Å². The molecule has 0 fully saturated rings. The Kier molecular flexibility index (Phi) is 3.60. The molecule has 0 radical (unpaired) electrons. The van der Waals surface area contributed by atoms with Gasteiger partial charge in [-0.1, -0.05) is 6.07 Å². The van der Waals surface area contributed by atoms with Crippen LogP contribution in [0, 0.1) is 13.8 Å². The average Bonchev–Trinajstić information content (AvgIpc) is 2.79. The summed E-state index contributed by atoms with van der Waals surface area (Å²) in [4.78, 5) is 12.2. The third-order valence-corrected chi connectivity index (χ3v) is 3.16. The molecule has 2 aromatic rings. The number of rotatable bonds is 3. The number of benzene rings is 1. The number of nitrogens with two attached hydrogens (primary N) is 1. The molecule has 0 saturated carbocycles. The van der Waals surface area contributed by atoms with Gasteiger partial charge in [-0.25, -0.2) is 0 Å². The van der Waals surface area contributed by atoms with Crippen molar-refractivity contribution in [1.82, 2.24) is 5.32 Å². The number of carbonyl (C=O) groups excluding carboxylic acids is 1. The Morgan fingerprint density at radius 1 is 1.26 bits per heavy atom. The van der Waals surface area contributed by atoms with E-state index in [0.717, 1.165) is 17.1 Å². The summed E-state index contributed by atoms with van der Waals surface area (Å²) in [6, 6.07) is 8.89. The molecule has 4 nitrogen and oxygen atoms in total. The first kappa shape index (κ1) is 13.2. The van der Waals surface area contributed by atoms with Crippen molar-refractivity contribution in [3.63, 3.8) is 0 Å². The number of nitrogen functional groups attached to an aromatic ring is 1. The minimum Gasteiger partial charge on any atom is -0.464 e. The molecule has 1 heterocycles.